The molecule has 0 aliphatic carbocycles. The molecule has 2 heterocycles. The van der Waals surface area contributed by atoms with Gasteiger partial charge < -0.3 is 36.0 Å². The molecule has 0 fully saturated rings. The number of methoxy groups -OCH3 is 1. The number of nitrogens with two attached hydrogens (primary N) is 1. The predicted molar refractivity (Wildman–Crippen MR) is 180 cm³/mol. The Balaban J connectivity index is 0.000000513. The zero-order valence-corrected chi connectivity index (χ0v) is 29.6. The minimum atomic E-state index is -4.00. The summed E-state index contributed by atoms with van der Waals surface area (Å²) in [6, 6.07) is 2.59. The molecule has 0 spiro atoms. The summed E-state index contributed by atoms with van der Waals surface area (Å²) in [4.78, 5) is 53.2. The molecular formula is C32H47N7O8S. The molecule has 15 nitrogen and oxygen atoms in total. The van der Waals surface area contributed by atoms with E-state index in [4.69, 9.17) is 10.5 Å². The third kappa shape index (κ3) is 11.3. The zero-order valence-electron chi connectivity index (χ0n) is 28.8. The van der Waals surface area contributed by atoms with Crippen LogP contribution in [0.25, 0.3) is 0 Å². The molecule has 2 amide bonds. The van der Waals surface area contributed by atoms with Crippen LogP contribution in [0.15, 0.2) is 28.2 Å². The van der Waals surface area contributed by atoms with Crippen molar-refractivity contribution in [3.8, 4) is 5.75 Å². The number of hydrogen-bond donors (Lipinski definition) is 5. The molecule has 1 aromatic carbocycles. The summed E-state index contributed by atoms with van der Waals surface area (Å²) in [5.41, 5.74) is 9.64. The Kier molecular flexibility index (Phi) is 14.5. The minimum absolute atomic E-state index is 0.142. The second-order valence-corrected chi connectivity index (χ2v) is 13.5. The van der Waals surface area contributed by atoms with Crippen molar-refractivity contribution < 1.29 is 37.1 Å². The molecule has 1 aliphatic heterocycles. The van der Waals surface area contributed by atoms with Crippen molar-refractivity contribution in [3.05, 3.63) is 51.8 Å². The lowest BCUT2D eigenvalue weighted by Gasteiger charge is -2.19. The minimum Gasteiger partial charge on any atom is -0.487 e. The molecule has 264 valence electrons. The van der Waals surface area contributed by atoms with Gasteiger partial charge in [-0.3, -0.25) is 19.6 Å². The Morgan fingerprint density at radius 1 is 1.19 bits per heavy atom. The molecular weight excluding hydrogens is 642 g/mol. The van der Waals surface area contributed by atoms with Gasteiger partial charge in [-0.05, 0) is 83.3 Å². The molecule has 16 heteroatoms. The van der Waals surface area contributed by atoms with Crippen LogP contribution in [0.2, 0.25) is 0 Å². The van der Waals surface area contributed by atoms with E-state index >= 15 is 0 Å². The molecule has 1 atom stereocenters. The molecule has 0 saturated carbocycles. The van der Waals surface area contributed by atoms with Crippen molar-refractivity contribution in [2.24, 2.45) is 10.7 Å². The van der Waals surface area contributed by atoms with Crippen molar-refractivity contribution >= 4 is 40.1 Å². The van der Waals surface area contributed by atoms with E-state index in [0.29, 0.717) is 42.4 Å². The second-order valence-electron chi connectivity index (χ2n) is 11.8. The number of aromatic nitrogens is 1. The number of nitrogens with zero attached hydrogens (tertiary/aromatic N) is 2. The Morgan fingerprint density at radius 2 is 1.88 bits per heavy atom. The van der Waals surface area contributed by atoms with E-state index in [9.17, 15) is 27.6 Å². The fourth-order valence-corrected chi connectivity index (χ4v) is 6.54. The smallest absolute Gasteiger partial charge is 0.337 e. The number of fused-ring (bicyclic) bond motifs is 1. The van der Waals surface area contributed by atoms with E-state index in [1.165, 1.54) is 14.0 Å². The van der Waals surface area contributed by atoms with E-state index in [0.717, 1.165) is 22.6 Å². The highest BCUT2D eigenvalue weighted by molar-refractivity contribution is 7.90. The Morgan fingerprint density at radius 3 is 2.48 bits per heavy atom. The van der Waals surface area contributed by atoms with Crippen LogP contribution in [0.5, 0.6) is 5.75 Å². The zero-order chi connectivity index (χ0) is 36.2. The van der Waals surface area contributed by atoms with Crippen molar-refractivity contribution in [1.29, 1.82) is 0 Å². The maximum atomic E-state index is 13.2. The summed E-state index contributed by atoms with van der Waals surface area (Å²) < 4.78 is 39.3. The van der Waals surface area contributed by atoms with Gasteiger partial charge in [0.2, 0.25) is 17.8 Å². The summed E-state index contributed by atoms with van der Waals surface area (Å²) in [6.07, 6.45) is 3.43. The highest BCUT2D eigenvalue weighted by atomic mass is 32.2. The van der Waals surface area contributed by atoms with Gasteiger partial charge >= 0.3 is 5.97 Å². The summed E-state index contributed by atoms with van der Waals surface area (Å²) in [7, 11) is -0.811. The fraction of sp³-hybridized carbons (Fsp3) is 0.500. The van der Waals surface area contributed by atoms with Crippen LogP contribution in [0.1, 0.15) is 71.9 Å². The number of pyridine rings is 1. The first kappa shape index (κ1) is 39.6. The first-order valence-corrected chi connectivity index (χ1v) is 16.8. The van der Waals surface area contributed by atoms with Crippen molar-refractivity contribution in [2.45, 2.75) is 83.9 Å². The van der Waals surface area contributed by atoms with E-state index in [1.54, 1.807) is 32.2 Å². The number of benzene rings is 1. The van der Waals surface area contributed by atoms with E-state index in [2.05, 4.69) is 35.4 Å². The molecule has 0 saturated heterocycles. The SMILES string of the molecule is CC(=O)NCC(=O)N[C@H](C=O)CCCN=C(N)NS(=O)(=O)c1c(C)c(C)c2c(c1C)CC(C)(C)O2.CNCc1cc(C(=O)OC)ccn1. The number of hydrogen-bond acceptors (Lipinski definition) is 11. The van der Waals surface area contributed by atoms with Crippen molar-refractivity contribution in [3.63, 3.8) is 0 Å². The molecule has 1 aliphatic rings. The average Bonchev–Trinajstić information content (AvgIpc) is 3.36. The predicted octanol–water partition coefficient (Wildman–Crippen LogP) is 1.11. The van der Waals surface area contributed by atoms with Gasteiger partial charge in [0.05, 0.1) is 35.8 Å². The van der Waals surface area contributed by atoms with Crippen LogP contribution in [-0.2, 0) is 42.1 Å². The third-order valence-corrected chi connectivity index (χ3v) is 8.99. The molecule has 0 radical (unpaired) electrons. The van der Waals surface area contributed by atoms with Crippen molar-refractivity contribution in [2.75, 3.05) is 27.2 Å². The van der Waals surface area contributed by atoms with E-state index in [1.807, 2.05) is 27.8 Å². The number of nitrogens with one attached hydrogen (secondary N) is 4. The number of rotatable bonds is 13. The number of carbonyl (C=O) groups excluding carboxylic acids is 4. The summed E-state index contributed by atoms with van der Waals surface area (Å²) >= 11 is 0. The number of aliphatic imine (C=N–C) groups is 1. The number of esters is 1. The highest BCUT2D eigenvalue weighted by Gasteiger charge is 2.36. The number of amides is 2. The van der Waals surface area contributed by atoms with Gasteiger partial charge in [-0.25, -0.2) is 17.9 Å². The van der Waals surface area contributed by atoms with E-state index < -0.39 is 27.6 Å². The molecule has 1 aromatic heterocycles. The second kappa shape index (κ2) is 17.5. The highest BCUT2D eigenvalue weighted by Crippen LogP contribution is 2.43. The lowest BCUT2D eigenvalue weighted by Crippen LogP contribution is -2.42. The van der Waals surface area contributed by atoms with Gasteiger partial charge in [-0.15, -0.1) is 0 Å². The quantitative estimate of drug-likeness (QED) is 0.0659. The maximum Gasteiger partial charge on any atom is 0.337 e. The van der Waals surface area contributed by atoms with Crippen LogP contribution in [-0.4, -0.2) is 82.3 Å². The number of sulfonamides is 1. The standard InChI is InChI=1S/C23H35N5O6S.C9H12N2O2/c1-13-14(2)21(15(3)18-10-23(5,6)34-20(13)18)35(32,33)28-22(24)25-9-7-8-17(12-29)27-19(31)11-26-16(4)30;1-10-6-8-5-7(3-4-11-8)9(12)13-2/h12,17H,7-11H2,1-6H3,(H,26,30)(H,27,31)(H3,24,25,28);3-5,10H,6H2,1-2H3/t17-;/m0./s1. The van der Waals surface area contributed by atoms with Crippen molar-refractivity contribution in [1.82, 2.24) is 25.7 Å². The normalized spacial score (nSPS) is 14.0. The van der Waals surface area contributed by atoms with Gasteiger partial charge in [0.15, 0.2) is 0 Å². The first-order chi connectivity index (χ1) is 22.5. The van der Waals surface area contributed by atoms with Crippen LogP contribution in [0.4, 0.5) is 0 Å². The number of carbonyl (C=O) groups is 4. The Labute approximate surface area is 281 Å². The van der Waals surface area contributed by atoms with Crippen LogP contribution in [0.3, 0.4) is 0 Å². The Hall–Kier alpha value is -4.57. The van der Waals surface area contributed by atoms with Gasteiger partial charge in [0.25, 0.3) is 10.0 Å². The molecule has 0 unspecified atom stereocenters. The maximum absolute atomic E-state index is 13.2. The molecule has 0 bridgehead atoms. The summed E-state index contributed by atoms with van der Waals surface area (Å²) in [5.74, 6) is -0.708. The largest absolute Gasteiger partial charge is 0.487 e. The van der Waals surface area contributed by atoms with Gasteiger partial charge in [-0.2, -0.15) is 0 Å². The monoisotopic (exact) mass is 689 g/mol. The summed E-state index contributed by atoms with van der Waals surface area (Å²) in [6.45, 7) is 11.1. The number of aldehydes is 1. The average molecular weight is 690 g/mol. The van der Waals surface area contributed by atoms with E-state index in [-0.39, 0.29) is 42.2 Å². The summed E-state index contributed by atoms with van der Waals surface area (Å²) in [5, 5.41) is 7.79. The van der Waals surface area contributed by atoms with Gasteiger partial charge in [0, 0.05) is 38.2 Å². The number of ether oxygens (including phenoxy) is 2. The van der Waals surface area contributed by atoms with Crippen LogP contribution in [0, 0.1) is 20.8 Å². The molecule has 2 aromatic rings. The van der Waals surface area contributed by atoms with Crippen LogP contribution >= 0.6 is 0 Å². The molecule has 6 N–H and O–H groups in total. The molecule has 3 rings (SSSR count). The van der Waals surface area contributed by atoms with Crippen LogP contribution < -0.4 is 31.1 Å². The third-order valence-electron chi connectivity index (χ3n) is 7.36. The van der Waals surface area contributed by atoms with Gasteiger partial charge in [-0.1, -0.05) is 0 Å². The van der Waals surface area contributed by atoms with Gasteiger partial charge in [0.1, 0.15) is 17.6 Å². The first-order valence-electron chi connectivity index (χ1n) is 15.3. The lowest BCUT2D eigenvalue weighted by molar-refractivity contribution is -0.126. The topological polar surface area (TPSA) is 220 Å². The number of guanidine groups is 1. The molecule has 48 heavy (non-hydrogen) atoms. The Bertz CT molecular complexity index is 1640. The fourth-order valence-electron chi connectivity index (χ4n) is 5.02. The lowest BCUT2D eigenvalue weighted by atomic mass is 9.94.